The summed E-state index contributed by atoms with van der Waals surface area (Å²) in [5.41, 5.74) is 1.29. The van der Waals surface area contributed by atoms with E-state index in [1.165, 1.54) is 18.2 Å². The number of amides is 4. The van der Waals surface area contributed by atoms with Crippen LogP contribution in [0.3, 0.4) is 0 Å². The number of urea groups is 1. The van der Waals surface area contributed by atoms with E-state index >= 15 is 0 Å². The zero-order valence-electron chi connectivity index (χ0n) is 15.6. The Bertz CT molecular complexity index is 937. The van der Waals surface area contributed by atoms with Crippen LogP contribution in [0.5, 0.6) is 0 Å². The van der Waals surface area contributed by atoms with Gasteiger partial charge in [-0.25, -0.2) is 9.18 Å². The Morgan fingerprint density at radius 1 is 1.14 bits per heavy atom. The summed E-state index contributed by atoms with van der Waals surface area (Å²) in [5, 5.41) is 8.13. The number of piperazine rings is 1. The molecule has 29 heavy (non-hydrogen) atoms. The summed E-state index contributed by atoms with van der Waals surface area (Å²) in [5.74, 6) is -0.804. The van der Waals surface area contributed by atoms with E-state index in [1.54, 1.807) is 11.0 Å². The lowest BCUT2D eigenvalue weighted by Crippen LogP contribution is -2.61. The van der Waals surface area contributed by atoms with Crippen molar-refractivity contribution in [3.8, 4) is 0 Å². The summed E-state index contributed by atoms with van der Waals surface area (Å²) in [6, 6.07) is 13.0. The van der Waals surface area contributed by atoms with E-state index in [0.717, 1.165) is 5.56 Å². The van der Waals surface area contributed by atoms with Crippen molar-refractivity contribution in [1.29, 1.82) is 0 Å². The molecule has 4 rings (SSSR count). The fourth-order valence-electron chi connectivity index (χ4n) is 3.87. The predicted molar refractivity (Wildman–Crippen MR) is 105 cm³/mol. The molecule has 0 bridgehead atoms. The van der Waals surface area contributed by atoms with Gasteiger partial charge in [0.25, 0.3) is 0 Å². The number of hydrogen-bond donors (Lipinski definition) is 3. The Balaban J connectivity index is 1.37. The predicted octanol–water partition coefficient (Wildman–Crippen LogP) is 1.66. The van der Waals surface area contributed by atoms with E-state index in [2.05, 4.69) is 16.0 Å². The molecule has 3 N–H and O–H groups in total. The number of fused-ring (bicyclic) bond motifs is 1. The normalized spacial score (nSPS) is 23.3. The van der Waals surface area contributed by atoms with E-state index in [4.69, 9.17) is 0 Å². The van der Waals surface area contributed by atoms with E-state index < -0.39 is 23.9 Å². The third-order valence-corrected chi connectivity index (χ3v) is 5.20. The van der Waals surface area contributed by atoms with Crippen molar-refractivity contribution in [3.05, 3.63) is 66.0 Å². The van der Waals surface area contributed by atoms with Crippen LogP contribution in [-0.2, 0) is 16.0 Å². The van der Waals surface area contributed by atoms with Crippen LogP contribution in [0.15, 0.2) is 54.6 Å². The van der Waals surface area contributed by atoms with E-state index in [-0.39, 0.29) is 24.4 Å². The SMILES string of the molecule is O=C(Nc1cccc(F)c1)N[C@H]1C[C@H]2C(=O)N[C@@H](Cc3ccccc3)C(=O)N2C1. The summed E-state index contributed by atoms with van der Waals surface area (Å²) >= 11 is 0. The lowest BCUT2D eigenvalue weighted by Gasteiger charge is -2.34. The molecule has 0 radical (unpaired) electrons. The summed E-state index contributed by atoms with van der Waals surface area (Å²) < 4.78 is 13.2. The molecule has 3 atom stereocenters. The number of nitrogens with zero attached hydrogens (tertiary/aromatic N) is 1. The highest BCUT2D eigenvalue weighted by molar-refractivity contribution is 5.98. The average Bonchev–Trinajstić information content (AvgIpc) is 3.11. The minimum Gasteiger partial charge on any atom is -0.342 e. The number of anilines is 1. The number of carbonyl (C=O) groups excluding carboxylic acids is 3. The lowest BCUT2D eigenvalue weighted by atomic mass is 10.0. The second-order valence-electron chi connectivity index (χ2n) is 7.30. The largest absolute Gasteiger partial charge is 0.342 e. The minimum atomic E-state index is -0.610. The molecule has 150 valence electrons. The summed E-state index contributed by atoms with van der Waals surface area (Å²) in [4.78, 5) is 39.1. The maximum Gasteiger partial charge on any atom is 0.319 e. The molecule has 8 heteroatoms. The molecule has 2 saturated heterocycles. The standard InChI is InChI=1S/C21H21FN4O3/c22-14-7-4-8-15(10-14)23-21(29)24-16-11-18-19(27)25-17(20(28)26(18)12-16)9-13-5-2-1-3-6-13/h1-8,10,16-18H,9,11-12H2,(H,25,27)(H2,23,24,29)/t16-,17-,18-/m0/s1. The Morgan fingerprint density at radius 2 is 1.93 bits per heavy atom. The first-order chi connectivity index (χ1) is 14.0. The van der Waals surface area contributed by atoms with Gasteiger partial charge < -0.3 is 20.9 Å². The molecule has 0 aromatic heterocycles. The minimum absolute atomic E-state index is 0.145. The highest BCUT2D eigenvalue weighted by Gasteiger charge is 2.46. The Kier molecular flexibility index (Phi) is 5.16. The molecule has 2 aliphatic heterocycles. The number of rotatable bonds is 4. The molecule has 4 amide bonds. The van der Waals surface area contributed by atoms with Gasteiger partial charge in [0.1, 0.15) is 17.9 Å². The van der Waals surface area contributed by atoms with Gasteiger partial charge in [0, 0.05) is 18.7 Å². The number of carbonyl (C=O) groups is 3. The van der Waals surface area contributed by atoms with Crippen LogP contribution in [0.25, 0.3) is 0 Å². The van der Waals surface area contributed by atoms with E-state index in [9.17, 15) is 18.8 Å². The zero-order valence-corrected chi connectivity index (χ0v) is 15.6. The van der Waals surface area contributed by atoms with Gasteiger partial charge in [-0.15, -0.1) is 0 Å². The summed E-state index contributed by atoms with van der Waals surface area (Å²) in [7, 11) is 0. The Labute approximate surface area is 167 Å². The quantitative estimate of drug-likeness (QED) is 0.734. The molecular weight excluding hydrogens is 375 g/mol. The number of benzene rings is 2. The number of hydrogen-bond acceptors (Lipinski definition) is 3. The molecule has 7 nitrogen and oxygen atoms in total. The Hall–Kier alpha value is -3.42. The fraction of sp³-hybridized carbons (Fsp3) is 0.286. The maximum atomic E-state index is 13.2. The monoisotopic (exact) mass is 396 g/mol. The van der Waals surface area contributed by atoms with Gasteiger partial charge in [0.15, 0.2) is 0 Å². The van der Waals surface area contributed by atoms with Crippen LogP contribution in [0.1, 0.15) is 12.0 Å². The first kappa shape index (κ1) is 18.9. The van der Waals surface area contributed by atoms with Crippen LogP contribution in [-0.4, -0.2) is 47.4 Å². The molecule has 2 aromatic rings. The second-order valence-corrected chi connectivity index (χ2v) is 7.30. The zero-order chi connectivity index (χ0) is 20.4. The van der Waals surface area contributed by atoms with Gasteiger partial charge >= 0.3 is 6.03 Å². The van der Waals surface area contributed by atoms with E-state index in [0.29, 0.717) is 18.5 Å². The van der Waals surface area contributed by atoms with E-state index in [1.807, 2.05) is 30.3 Å². The fourth-order valence-corrected chi connectivity index (χ4v) is 3.87. The van der Waals surface area contributed by atoms with Crippen molar-refractivity contribution in [2.75, 3.05) is 11.9 Å². The van der Waals surface area contributed by atoms with Gasteiger partial charge in [-0.05, 0) is 30.2 Å². The molecular formula is C21H21FN4O3. The third kappa shape index (κ3) is 4.21. The maximum absolute atomic E-state index is 13.2. The molecule has 2 heterocycles. The van der Waals surface area contributed by atoms with Gasteiger partial charge in [-0.3, -0.25) is 9.59 Å². The molecule has 2 aliphatic rings. The molecule has 0 spiro atoms. The van der Waals surface area contributed by atoms with Gasteiger partial charge in [-0.2, -0.15) is 0 Å². The number of nitrogens with one attached hydrogen (secondary N) is 3. The van der Waals surface area contributed by atoms with Crippen molar-refractivity contribution in [3.63, 3.8) is 0 Å². The summed E-state index contributed by atoms with van der Waals surface area (Å²) in [6.45, 7) is 0.263. The number of halogens is 1. The molecule has 0 aliphatic carbocycles. The van der Waals surface area contributed by atoms with Crippen molar-refractivity contribution in [2.24, 2.45) is 0 Å². The van der Waals surface area contributed by atoms with Crippen LogP contribution >= 0.6 is 0 Å². The van der Waals surface area contributed by atoms with Crippen molar-refractivity contribution in [1.82, 2.24) is 15.5 Å². The van der Waals surface area contributed by atoms with Gasteiger partial charge in [-0.1, -0.05) is 36.4 Å². The molecule has 0 saturated carbocycles. The van der Waals surface area contributed by atoms with Gasteiger partial charge in [0.05, 0.1) is 6.04 Å². The third-order valence-electron chi connectivity index (χ3n) is 5.20. The Morgan fingerprint density at radius 3 is 2.69 bits per heavy atom. The van der Waals surface area contributed by atoms with Crippen LogP contribution < -0.4 is 16.0 Å². The first-order valence-corrected chi connectivity index (χ1v) is 9.47. The molecule has 2 fully saturated rings. The van der Waals surface area contributed by atoms with Crippen LogP contribution in [0, 0.1) is 5.82 Å². The summed E-state index contributed by atoms with van der Waals surface area (Å²) in [6.07, 6.45) is 0.763. The lowest BCUT2D eigenvalue weighted by molar-refractivity contribution is -0.147. The van der Waals surface area contributed by atoms with Crippen molar-refractivity contribution in [2.45, 2.75) is 31.0 Å². The first-order valence-electron chi connectivity index (χ1n) is 9.47. The van der Waals surface area contributed by atoms with Gasteiger partial charge in [0.2, 0.25) is 11.8 Å². The smallest absolute Gasteiger partial charge is 0.319 e. The van der Waals surface area contributed by atoms with Crippen molar-refractivity contribution >= 4 is 23.5 Å². The second kappa shape index (κ2) is 7.90. The average molecular weight is 396 g/mol. The molecule has 0 unspecified atom stereocenters. The van der Waals surface area contributed by atoms with Crippen LogP contribution in [0.2, 0.25) is 0 Å². The molecule has 2 aromatic carbocycles. The van der Waals surface area contributed by atoms with Crippen LogP contribution in [0.4, 0.5) is 14.9 Å². The highest BCUT2D eigenvalue weighted by atomic mass is 19.1. The topological polar surface area (TPSA) is 90.5 Å². The highest BCUT2D eigenvalue weighted by Crippen LogP contribution is 2.24. The van der Waals surface area contributed by atoms with Crippen molar-refractivity contribution < 1.29 is 18.8 Å².